The van der Waals surface area contributed by atoms with Crippen molar-refractivity contribution in [1.29, 1.82) is 5.53 Å². The van der Waals surface area contributed by atoms with Gasteiger partial charge in [-0.1, -0.05) is 0 Å². The Morgan fingerprint density at radius 1 is 1.38 bits per heavy atom. The van der Waals surface area contributed by atoms with Crippen LogP contribution in [-0.2, 0) is 4.79 Å². The number of aliphatic carboxylic acids is 1. The van der Waals surface area contributed by atoms with Gasteiger partial charge in [0.2, 0.25) is 0 Å². The highest BCUT2D eigenvalue weighted by atomic mass is 16.5. The molecule has 0 amide bonds. The first-order valence-electron chi connectivity index (χ1n) is 4.32. The van der Waals surface area contributed by atoms with Crippen LogP contribution in [0.4, 0.5) is 0 Å². The summed E-state index contributed by atoms with van der Waals surface area (Å²) < 4.78 is 9.91. The summed E-state index contributed by atoms with van der Waals surface area (Å²) in [6, 6.07) is 4.56. The molecule has 0 saturated carbocycles. The first-order valence-corrected chi connectivity index (χ1v) is 4.32. The summed E-state index contributed by atoms with van der Waals surface area (Å²) in [5.41, 5.74) is 6.44. The van der Waals surface area contributed by atoms with Gasteiger partial charge in [-0.25, -0.2) is 0 Å². The first-order chi connectivity index (χ1) is 7.63. The van der Waals surface area contributed by atoms with Crippen molar-refractivity contribution in [3.05, 3.63) is 23.8 Å². The second-order valence-corrected chi connectivity index (χ2v) is 2.81. The zero-order valence-corrected chi connectivity index (χ0v) is 8.81. The van der Waals surface area contributed by atoms with Crippen LogP contribution in [0.3, 0.4) is 0 Å². The number of nitrogens with zero attached hydrogens (tertiary/aromatic N) is 1. The van der Waals surface area contributed by atoms with E-state index in [1.54, 1.807) is 6.07 Å². The van der Waals surface area contributed by atoms with Gasteiger partial charge in [-0.05, 0) is 18.2 Å². The Balaban J connectivity index is 3.39. The van der Waals surface area contributed by atoms with Crippen LogP contribution >= 0.6 is 0 Å². The maximum Gasteiger partial charge on any atom is 0.398 e. The zero-order valence-electron chi connectivity index (χ0n) is 8.81. The highest BCUT2D eigenvalue weighted by molar-refractivity contribution is 6.39. The van der Waals surface area contributed by atoms with Crippen molar-refractivity contribution >= 4 is 11.7 Å². The number of hydrogen-bond donors (Lipinski definition) is 1. The molecule has 1 rings (SSSR count). The molecule has 1 aromatic carbocycles. The van der Waals surface area contributed by atoms with Gasteiger partial charge in [-0.2, -0.15) is 0 Å². The third-order valence-electron chi connectivity index (χ3n) is 1.97. The summed E-state index contributed by atoms with van der Waals surface area (Å²) in [7, 11) is 2.84. The third kappa shape index (κ3) is 2.18. The topological polar surface area (TPSA) is 96.5 Å². The van der Waals surface area contributed by atoms with Crippen LogP contribution in [0.5, 0.6) is 11.5 Å². The molecular weight excluding hydrogens is 212 g/mol. The van der Waals surface area contributed by atoms with Crippen LogP contribution in [0.15, 0.2) is 18.2 Å². The molecule has 0 aliphatic carbocycles. The fraction of sp³-hybridized carbons (Fsp3) is 0.200. The number of carbonyl (C=O) groups is 1. The van der Waals surface area contributed by atoms with Crippen molar-refractivity contribution in [3.63, 3.8) is 0 Å². The number of carbonyl (C=O) groups excluding carboxylic acids is 1. The van der Waals surface area contributed by atoms with E-state index in [2.05, 4.69) is 4.79 Å². The van der Waals surface area contributed by atoms with Crippen molar-refractivity contribution < 1.29 is 24.2 Å². The molecule has 0 atom stereocenters. The average Bonchev–Trinajstić information content (AvgIpc) is 2.29. The van der Waals surface area contributed by atoms with E-state index in [0.29, 0.717) is 5.75 Å². The predicted molar refractivity (Wildman–Crippen MR) is 51.6 cm³/mol. The number of carboxylic acids is 1. The molecule has 0 saturated heterocycles. The van der Waals surface area contributed by atoms with E-state index < -0.39 is 11.7 Å². The van der Waals surface area contributed by atoms with Crippen molar-refractivity contribution in [2.75, 3.05) is 14.2 Å². The smallest absolute Gasteiger partial charge is 0.398 e. The minimum absolute atomic E-state index is 0.150. The lowest BCUT2D eigenvalue weighted by molar-refractivity contribution is -0.298. The van der Waals surface area contributed by atoms with Gasteiger partial charge in [0, 0.05) is 0 Å². The second kappa shape index (κ2) is 4.95. The molecule has 0 aliphatic heterocycles. The quantitative estimate of drug-likeness (QED) is 0.421. The summed E-state index contributed by atoms with van der Waals surface area (Å²) in [6.07, 6.45) is 0. The average molecular weight is 222 g/mol. The highest BCUT2D eigenvalue weighted by Gasteiger charge is 2.22. The van der Waals surface area contributed by atoms with E-state index in [0.717, 1.165) is 0 Å². The van der Waals surface area contributed by atoms with E-state index >= 15 is 0 Å². The van der Waals surface area contributed by atoms with Crippen LogP contribution in [0.25, 0.3) is 0 Å². The Morgan fingerprint density at radius 2 is 2.06 bits per heavy atom. The van der Waals surface area contributed by atoms with Gasteiger partial charge < -0.3 is 19.4 Å². The Morgan fingerprint density at radius 3 is 2.50 bits per heavy atom. The van der Waals surface area contributed by atoms with Gasteiger partial charge in [-0.15, -0.1) is 0 Å². The molecule has 0 fully saturated rings. The fourth-order valence-corrected chi connectivity index (χ4v) is 1.21. The van der Waals surface area contributed by atoms with E-state index in [9.17, 15) is 9.90 Å². The Hall–Kier alpha value is -2.33. The highest BCUT2D eigenvalue weighted by Crippen LogP contribution is 2.23. The molecule has 1 N–H and O–H groups in total. The van der Waals surface area contributed by atoms with E-state index in [1.165, 1.54) is 26.4 Å². The van der Waals surface area contributed by atoms with Gasteiger partial charge >= 0.3 is 5.71 Å². The van der Waals surface area contributed by atoms with E-state index in [1.807, 2.05) is 0 Å². The third-order valence-corrected chi connectivity index (χ3v) is 1.97. The second-order valence-electron chi connectivity index (χ2n) is 2.81. The number of benzene rings is 1. The minimum Gasteiger partial charge on any atom is -0.538 e. The molecule has 16 heavy (non-hydrogen) atoms. The molecule has 0 aliphatic rings. The van der Waals surface area contributed by atoms with Crippen LogP contribution in [-0.4, -0.2) is 30.7 Å². The molecule has 0 bridgehead atoms. The maximum absolute atomic E-state index is 10.7. The summed E-state index contributed by atoms with van der Waals surface area (Å²) in [4.78, 5) is 13.7. The predicted octanol–water partition coefficient (Wildman–Crippen LogP) is -0.518. The monoisotopic (exact) mass is 222 g/mol. The molecule has 0 heterocycles. The number of rotatable bonds is 4. The molecule has 0 spiro atoms. The summed E-state index contributed by atoms with van der Waals surface area (Å²) in [6.45, 7) is 0. The molecule has 0 unspecified atom stereocenters. The number of ether oxygens (including phenoxy) is 2. The van der Waals surface area contributed by atoms with Gasteiger partial charge in [-0.3, -0.25) is 0 Å². The molecule has 0 aromatic heterocycles. The molecule has 6 nitrogen and oxygen atoms in total. The lowest BCUT2D eigenvalue weighted by atomic mass is 10.1. The van der Waals surface area contributed by atoms with Gasteiger partial charge in [0.1, 0.15) is 17.1 Å². The summed E-state index contributed by atoms with van der Waals surface area (Å²) in [5, 5.41) is 10.7. The number of methoxy groups -OCH3 is 2. The fourth-order valence-electron chi connectivity index (χ4n) is 1.21. The Kier molecular flexibility index (Phi) is 3.63. The Labute approximate surface area is 91.7 Å². The van der Waals surface area contributed by atoms with Crippen molar-refractivity contribution in [1.82, 2.24) is 0 Å². The first kappa shape index (κ1) is 11.7. The van der Waals surface area contributed by atoms with E-state index in [4.69, 9.17) is 15.0 Å². The lowest BCUT2D eigenvalue weighted by Gasteiger charge is -2.06. The van der Waals surface area contributed by atoms with Crippen LogP contribution in [0.2, 0.25) is 0 Å². The molecule has 0 radical (unpaired) electrons. The summed E-state index contributed by atoms with van der Waals surface area (Å²) >= 11 is 0. The standard InChI is InChI=1S/C10H10N2O4/c1-15-6-3-4-8(16-2)7(5-6)9(12-11)10(13)14/h3-5,11H,1-2H3. The lowest BCUT2D eigenvalue weighted by Crippen LogP contribution is -2.33. The largest absolute Gasteiger partial charge is 0.538 e. The minimum atomic E-state index is -1.54. The van der Waals surface area contributed by atoms with Crippen LogP contribution in [0, 0.1) is 5.53 Å². The van der Waals surface area contributed by atoms with Crippen LogP contribution < -0.4 is 14.6 Å². The molecule has 6 heteroatoms. The van der Waals surface area contributed by atoms with E-state index in [-0.39, 0.29) is 11.3 Å². The van der Waals surface area contributed by atoms with Crippen LogP contribution in [0.1, 0.15) is 5.56 Å². The SMILES string of the molecule is COc1ccc(OC)c(C(=[N+]=N)C(=O)[O-])c1. The van der Waals surface area contributed by atoms with Gasteiger partial charge in [0.15, 0.2) is 5.97 Å². The molecular formula is C10H10N2O4. The Bertz CT molecular complexity index is 464. The van der Waals surface area contributed by atoms with Gasteiger partial charge in [0.05, 0.1) is 24.5 Å². The molecule has 1 aromatic rings. The maximum atomic E-state index is 10.7. The summed E-state index contributed by atoms with van der Waals surface area (Å²) in [5.74, 6) is -0.809. The number of carboxylic acid groups (broad SMARTS) is 1. The number of nitrogens with one attached hydrogen (secondary N) is 1. The normalized spacial score (nSPS) is 9.12. The van der Waals surface area contributed by atoms with Gasteiger partial charge in [0.25, 0.3) is 0 Å². The zero-order chi connectivity index (χ0) is 12.1. The number of hydrogen-bond acceptors (Lipinski definition) is 5. The molecule has 84 valence electrons. The van der Waals surface area contributed by atoms with Crippen molar-refractivity contribution in [2.45, 2.75) is 0 Å². The van der Waals surface area contributed by atoms with Crippen molar-refractivity contribution in [2.24, 2.45) is 0 Å². The van der Waals surface area contributed by atoms with Crippen molar-refractivity contribution in [3.8, 4) is 11.5 Å².